The fourth-order valence-corrected chi connectivity index (χ4v) is 3.75. The number of carbonyl (C=O) groups excluding carboxylic acids is 3. The Morgan fingerprint density at radius 2 is 1.79 bits per heavy atom. The minimum atomic E-state index is -0.980. The van der Waals surface area contributed by atoms with Gasteiger partial charge in [0, 0.05) is 6.42 Å². The Morgan fingerprint density at radius 1 is 1.03 bits per heavy atom. The van der Waals surface area contributed by atoms with Gasteiger partial charge in [-0.15, -0.1) is 10.2 Å². The van der Waals surface area contributed by atoms with Crippen LogP contribution in [0.3, 0.4) is 0 Å². The Morgan fingerprint density at radius 3 is 2.62 bits per heavy atom. The van der Waals surface area contributed by atoms with Crippen molar-refractivity contribution >= 4 is 39.9 Å². The van der Waals surface area contributed by atoms with Crippen LogP contribution in [-0.2, 0) is 16.0 Å². The molecule has 0 unspecified atom stereocenters. The van der Waals surface area contributed by atoms with Crippen LogP contribution < -0.4 is 16.0 Å². The molecule has 1 aromatic heterocycles. The maximum Gasteiger partial charge on any atom is 0.254 e. The van der Waals surface area contributed by atoms with Crippen molar-refractivity contribution < 1.29 is 14.4 Å². The molecule has 1 atom stereocenters. The van der Waals surface area contributed by atoms with Gasteiger partial charge in [-0.25, -0.2) is 0 Å². The molecule has 3 aromatic rings. The minimum absolute atomic E-state index is 0.209. The standard InChI is InChI=1S/C20H17N5O3S/c26-16(23-20-25-24-17(29-20)10-12-6-2-1-3-7-12)11-15-19(28)21-14-9-5-4-8-13(14)18(27)22-15/h1-9,15H,10-11H2,(H,21,28)(H,22,27)(H,23,25,26)/t15-/m1/s1. The lowest BCUT2D eigenvalue weighted by Crippen LogP contribution is -2.43. The molecule has 9 heteroatoms. The molecular weight excluding hydrogens is 390 g/mol. The van der Waals surface area contributed by atoms with Crippen molar-refractivity contribution in [1.29, 1.82) is 0 Å². The van der Waals surface area contributed by atoms with E-state index in [-0.39, 0.29) is 6.42 Å². The second-order valence-corrected chi connectivity index (χ2v) is 7.54. The van der Waals surface area contributed by atoms with E-state index >= 15 is 0 Å². The number of carbonyl (C=O) groups is 3. The summed E-state index contributed by atoms with van der Waals surface area (Å²) in [4.78, 5) is 37.1. The molecule has 2 aromatic carbocycles. The topological polar surface area (TPSA) is 113 Å². The highest BCUT2D eigenvalue weighted by atomic mass is 32.1. The van der Waals surface area contributed by atoms with Gasteiger partial charge in [0.2, 0.25) is 16.9 Å². The number of anilines is 2. The molecule has 2 heterocycles. The van der Waals surface area contributed by atoms with E-state index in [4.69, 9.17) is 0 Å². The Labute approximate surface area is 170 Å². The van der Waals surface area contributed by atoms with E-state index in [0.717, 1.165) is 10.6 Å². The van der Waals surface area contributed by atoms with Crippen LogP contribution in [0, 0.1) is 0 Å². The minimum Gasteiger partial charge on any atom is -0.340 e. The van der Waals surface area contributed by atoms with Crippen molar-refractivity contribution in [2.75, 3.05) is 10.6 Å². The van der Waals surface area contributed by atoms with Gasteiger partial charge in [-0.2, -0.15) is 0 Å². The number of nitrogens with one attached hydrogen (secondary N) is 3. The third-order valence-corrected chi connectivity index (χ3v) is 5.19. The van der Waals surface area contributed by atoms with E-state index in [1.165, 1.54) is 11.3 Å². The zero-order chi connectivity index (χ0) is 20.2. The summed E-state index contributed by atoms with van der Waals surface area (Å²) in [5.41, 5.74) is 1.88. The van der Waals surface area contributed by atoms with Gasteiger partial charge in [0.15, 0.2) is 0 Å². The van der Waals surface area contributed by atoms with Gasteiger partial charge in [0.1, 0.15) is 11.0 Å². The van der Waals surface area contributed by atoms with E-state index in [9.17, 15) is 14.4 Å². The summed E-state index contributed by atoms with van der Waals surface area (Å²) in [6, 6.07) is 15.5. The molecule has 1 aliphatic heterocycles. The van der Waals surface area contributed by atoms with Crippen LogP contribution in [0.5, 0.6) is 0 Å². The molecule has 1 aliphatic rings. The largest absolute Gasteiger partial charge is 0.340 e. The maximum absolute atomic E-state index is 12.4. The lowest BCUT2D eigenvalue weighted by atomic mass is 10.1. The number of rotatable bonds is 5. The number of nitrogens with zero attached hydrogens (tertiary/aromatic N) is 2. The summed E-state index contributed by atoms with van der Waals surface area (Å²) in [7, 11) is 0. The quantitative estimate of drug-likeness (QED) is 0.600. The third kappa shape index (κ3) is 4.46. The predicted octanol–water partition coefficient (Wildman–Crippen LogP) is 2.21. The molecule has 0 fully saturated rings. The van der Waals surface area contributed by atoms with Crippen LogP contribution >= 0.6 is 11.3 Å². The van der Waals surface area contributed by atoms with Crippen molar-refractivity contribution in [2.24, 2.45) is 0 Å². The third-order valence-electron chi connectivity index (χ3n) is 4.35. The first-order chi connectivity index (χ1) is 14.1. The number of hydrogen-bond donors (Lipinski definition) is 3. The van der Waals surface area contributed by atoms with Crippen LogP contribution in [0.15, 0.2) is 54.6 Å². The molecule has 0 saturated carbocycles. The summed E-state index contributed by atoms with van der Waals surface area (Å²) in [6.07, 6.45) is 0.410. The summed E-state index contributed by atoms with van der Waals surface area (Å²) >= 11 is 1.27. The van der Waals surface area contributed by atoms with E-state index in [1.54, 1.807) is 24.3 Å². The lowest BCUT2D eigenvalue weighted by molar-refractivity contribution is -0.122. The van der Waals surface area contributed by atoms with Crippen LogP contribution in [0.25, 0.3) is 0 Å². The van der Waals surface area contributed by atoms with Crippen molar-refractivity contribution in [1.82, 2.24) is 15.5 Å². The normalized spacial score (nSPS) is 15.7. The second kappa shape index (κ2) is 8.19. The van der Waals surface area contributed by atoms with Crippen molar-refractivity contribution in [3.8, 4) is 0 Å². The molecule has 0 aliphatic carbocycles. The Bertz CT molecular complexity index is 1070. The first-order valence-corrected chi connectivity index (χ1v) is 9.77. The van der Waals surface area contributed by atoms with E-state index in [0.29, 0.717) is 22.8 Å². The molecule has 4 rings (SSSR count). The monoisotopic (exact) mass is 407 g/mol. The first-order valence-electron chi connectivity index (χ1n) is 8.95. The first kappa shape index (κ1) is 18.8. The molecule has 29 heavy (non-hydrogen) atoms. The van der Waals surface area contributed by atoms with Gasteiger partial charge >= 0.3 is 0 Å². The molecule has 146 valence electrons. The zero-order valence-corrected chi connectivity index (χ0v) is 16.0. The van der Waals surface area contributed by atoms with Crippen molar-refractivity contribution in [3.05, 3.63) is 70.7 Å². The highest BCUT2D eigenvalue weighted by Crippen LogP contribution is 2.21. The van der Waals surface area contributed by atoms with Crippen LogP contribution in [-0.4, -0.2) is 34.0 Å². The highest BCUT2D eigenvalue weighted by Gasteiger charge is 2.29. The molecule has 3 amide bonds. The van der Waals surface area contributed by atoms with Gasteiger partial charge in [-0.3, -0.25) is 14.4 Å². The molecule has 0 spiro atoms. The summed E-state index contributed by atoms with van der Waals surface area (Å²) in [5, 5.41) is 17.1. The number of benzene rings is 2. The Balaban J connectivity index is 1.37. The van der Waals surface area contributed by atoms with Gasteiger partial charge in [-0.05, 0) is 17.7 Å². The van der Waals surface area contributed by atoms with Crippen LogP contribution in [0.4, 0.5) is 10.8 Å². The molecule has 8 nitrogen and oxygen atoms in total. The van der Waals surface area contributed by atoms with Crippen LogP contribution in [0.1, 0.15) is 27.3 Å². The molecule has 3 N–H and O–H groups in total. The highest BCUT2D eigenvalue weighted by molar-refractivity contribution is 7.15. The molecule has 0 bridgehead atoms. The molecule has 0 saturated heterocycles. The van der Waals surface area contributed by atoms with Gasteiger partial charge in [0.05, 0.1) is 17.7 Å². The average Bonchev–Trinajstić information content (AvgIpc) is 3.10. The van der Waals surface area contributed by atoms with E-state index in [1.807, 2.05) is 30.3 Å². The Hall–Kier alpha value is -3.59. The van der Waals surface area contributed by atoms with E-state index in [2.05, 4.69) is 26.1 Å². The fourth-order valence-electron chi connectivity index (χ4n) is 2.96. The number of aromatic nitrogens is 2. The Kier molecular flexibility index (Phi) is 5.30. The lowest BCUT2D eigenvalue weighted by Gasteiger charge is -2.13. The molecular formula is C20H17N5O3S. The number of fused-ring (bicyclic) bond motifs is 1. The van der Waals surface area contributed by atoms with Crippen LogP contribution in [0.2, 0.25) is 0 Å². The second-order valence-electron chi connectivity index (χ2n) is 6.48. The SMILES string of the molecule is O=C(C[C@H]1NC(=O)c2ccccc2NC1=O)Nc1nnc(Cc2ccccc2)s1. The fraction of sp³-hybridized carbons (Fsp3) is 0.150. The summed E-state index contributed by atoms with van der Waals surface area (Å²) in [5.74, 6) is -1.28. The predicted molar refractivity (Wildman–Crippen MR) is 109 cm³/mol. The van der Waals surface area contributed by atoms with Crippen molar-refractivity contribution in [2.45, 2.75) is 18.9 Å². The van der Waals surface area contributed by atoms with Gasteiger partial charge in [0.25, 0.3) is 5.91 Å². The smallest absolute Gasteiger partial charge is 0.254 e. The average molecular weight is 407 g/mol. The number of amides is 3. The number of hydrogen-bond acceptors (Lipinski definition) is 6. The van der Waals surface area contributed by atoms with Crippen molar-refractivity contribution in [3.63, 3.8) is 0 Å². The maximum atomic E-state index is 12.4. The molecule has 0 radical (unpaired) electrons. The van der Waals surface area contributed by atoms with Gasteiger partial charge < -0.3 is 16.0 Å². The van der Waals surface area contributed by atoms with E-state index < -0.39 is 23.8 Å². The number of para-hydroxylation sites is 1. The summed E-state index contributed by atoms with van der Waals surface area (Å²) < 4.78 is 0. The summed E-state index contributed by atoms with van der Waals surface area (Å²) in [6.45, 7) is 0. The van der Waals surface area contributed by atoms with Gasteiger partial charge in [-0.1, -0.05) is 53.8 Å². The zero-order valence-electron chi connectivity index (χ0n) is 15.2.